The van der Waals surface area contributed by atoms with Gasteiger partial charge in [-0.05, 0) is 13.3 Å². The van der Waals surface area contributed by atoms with E-state index in [2.05, 4.69) is 13.8 Å². The largest absolute Gasteiger partial charge is 0.378 e. The number of carbonyl (C=O) groups is 1. The summed E-state index contributed by atoms with van der Waals surface area (Å²) >= 11 is 0. The van der Waals surface area contributed by atoms with Gasteiger partial charge >= 0.3 is 0 Å². The highest BCUT2D eigenvalue weighted by atomic mass is 32.2. The van der Waals surface area contributed by atoms with Crippen molar-refractivity contribution in [2.24, 2.45) is 11.3 Å². The van der Waals surface area contributed by atoms with E-state index in [0.717, 1.165) is 12.7 Å². The van der Waals surface area contributed by atoms with Crippen LogP contribution in [0.1, 0.15) is 34.1 Å². The van der Waals surface area contributed by atoms with Crippen LogP contribution in [-0.4, -0.2) is 57.0 Å². The van der Waals surface area contributed by atoms with Gasteiger partial charge < -0.3 is 9.64 Å². The Bertz CT molecular complexity index is 485. The molecule has 0 aromatic heterocycles. The maximum absolute atomic E-state index is 12.4. The lowest BCUT2D eigenvalue weighted by molar-refractivity contribution is -0.208. The van der Waals surface area contributed by atoms with Gasteiger partial charge in [-0.25, -0.2) is 8.42 Å². The molecule has 0 aromatic carbocycles. The van der Waals surface area contributed by atoms with E-state index in [-0.39, 0.29) is 28.7 Å². The molecule has 1 rings (SSSR count). The molecule has 1 aliphatic carbocycles. The molecular weight excluding hydrogens is 278 g/mol. The fourth-order valence-corrected chi connectivity index (χ4v) is 4.15. The van der Waals surface area contributed by atoms with Crippen LogP contribution in [-0.2, 0) is 19.4 Å². The molecule has 0 spiro atoms. The minimum absolute atomic E-state index is 0.0713. The Labute approximate surface area is 122 Å². The number of amides is 1. The summed E-state index contributed by atoms with van der Waals surface area (Å²) in [6.45, 7) is 7.87. The van der Waals surface area contributed by atoms with Gasteiger partial charge in [0.1, 0.15) is 9.84 Å². The van der Waals surface area contributed by atoms with Crippen LogP contribution in [0, 0.1) is 11.3 Å². The Balaban J connectivity index is 2.78. The fourth-order valence-electron chi connectivity index (χ4n) is 3.10. The number of nitrogens with zero attached hydrogens (tertiary/aromatic N) is 1. The molecule has 0 aliphatic heterocycles. The lowest BCUT2D eigenvalue weighted by Crippen LogP contribution is -2.69. The maximum Gasteiger partial charge on any atom is 0.226 e. The molecule has 1 saturated carbocycles. The molecule has 0 aromatic rings. The molecule has 1 amide bonds. The van der Waals surface area contributed by atoms with Crippen LogP contribution >= 0.6 is 0 Å². The van der Waals surface area contributed by atoms with E-state index in [9.17, 15) is 13.2 Å². The zero-order valence-corrected chi connectivity index (χ0v) is 14.4. The summed E-state index contributed by atoms with van der Waals surface area (Å²) < 4.78 is 28.2. The van der Waals surface area contributed by atoms with Crippen molar-refractivity contribution >= 4 is 15.7 Å². The standard InChI is InChI=1S/C14H27NO4S/c1-10(9-20(7,17)18)12(16)15(5)11-8-14(4,19-6)13(11,2)3/h10-11H,8-9H2,1-7H3/t10-,11+,14-/m1/s1. The molecule has 1 aliphatic rings. The predicted molar refractivity (Wildman–Crippen MR) is 79.2 cm³/mol. The van der Waals surface area contributed by atoms with Crippen molar-refractivity contribution in [3.63, 3.8) is 0 Å². The first-order chi connectivity index (χ1) is 8.85. The summed E-state index contributed by atoms with van der Waals surface area (Å²) in [5, 5.41) is 0. The molecule has 0 N–H and O–H groups in total. The van der Waals surface area contributed by atoms with Crippen LogP contribution in [0.3, 0.4) is 0 Å². The molecule has 0 radical (unpaired) electrons. The van der Waals surface area contributed by atoms with E-state index in [1.165, 1.54) is 0 Å². The predicted octanol–water partition coefficient (Wildman–Crippen LogP) is 1.33. The highest BCUT2D eigenvalue weighted by Gasteiger charge is 2.59. The second-order valence-corrected chi connectivity index (χ2v) is 9.00. The van der Waals surface area contributed by atoms with E-state index < -0.39 is 15.8 Å². The van der Waals surface area contributed by atoms with Crippen molar-refractivity contribution < 1.29 is 17.9 Å². The summed E-state index contributed by atoms with van der Waals surface area (Å²) in [5.41, 5.74) is -0.400. The van der Waals surface area contributed by atoms with Crippen molar-refractivity contribution in [3.8, 4) is 0 Å². The highest BCUT2D eigenvalue weighted by Crippen LogP contribution is 2.53. The van der Waals surface area contributed by atoms with Crippen LogP contribution in [0.15, 0.2) is 0 Å². The maximum atomic E-state index is 12.4. The van der Waals surface area contributed by atoms with E-state index in [1.54, 1.807) is 26.0 Å². The molecule has 6 heteroatoms. The lowest BCUT2D eigenvalue weighted by Gasteiger charge is -2.61. The third-order valence-corrected chi connectivity index (χ3v) is 6.12. The molecule has 3 atom stereocenters. The molecule has 0 bridgehead atoms. The number of hydrogen-bond donors (Lipinski definition) is 0. The smallest absolute Gasteiger partial charge is 0.226 e. The van der Waals surface area contributed by atoms with Gasteiger partial charge in [0.2, 0.25) is 5.91 Å². The Morgan fingerprint density at radius 2 is 1.90 bits per heavy atom. The van der Waals surface area contributed by atoms with E-state index in [1.807, 2.05) is 6.92 Å². The van der Waals surface area contributed by atoms with Gasteiger partial charge in [-0.15, -0.1) is 0 Å². The fraction of sp³-hybridized carbons (Fsp3) is 0.929. The van der Waals surface area contributed by atoms with Crippen molar-refractivity contribution in [1.82, 2.24) is 4.90 Å². The number of methoxy groups -OCH3 is 1. The average Bonchev–Trinajstić information content (AvgIpc) is 2.31. The molecule has 118 valence electrons. The second kappa shape index (κ2) is 5.30. The normalized spacial score (nSPS) is 30.4. The number of ether oxygens (including phenoxy) is 1. The van der Waals surface area contributed by atoms with E-state index in [0.29, 0.717) is 0 Å². The summed E-state index contributed by atoms with van der Waals surface area (Å²) in [4.78, 5) is 14.1. The number of sulfone groups is 1. The first-order valence-electron chi connectivity index (χ1n) is 6.85. The molecule has 1 fully saturated rings. The molecule has 20 heavy (non-hydrogen) atoms. The average molecular weight is 305 g/mol. The molecule has 0 heterocycles. The summed E-state index contributed by atoms with van der Waals surface area (Å²) in [6.07, 6.45) is 1.93. The van der Waals surface area contributed by atoms with Gasteiger partial charge in [0, 0.05) is 37.8 Å². The Kier molecular flexibility index (Phi) is 4.62. The van der Waals surface area contributed by atoms with Gasteiger partial charge in [-0.1, -0.05) is 20.8 Å². The third kappa shape index (κ3) is 3.01. The molecule has 0 saturated heterocycles. The van der Waals surface area contributed by atoms with Gasteiger partial charge in [-0.2, -0.15) is 0 Å². The van der Waals surface area contributed by atoms with Gasteiger partial charge in [-0.3, -0.25) is 4.79 Å². The number of hydrogen-bond acceptors (Lipinski definition) is 4. The summed E-state index contributed by atoms with van der Waals surface area (Å²) in [7, 11) is 0.295. The van der Waals surface area contributed by atoms with Crippen molar-refractivity contribution in [2.45, 2.75) is 45.8 Å². The SMILES string of the molecule is CO[C@]1(C)C[C@H](N(C)C(=O)[C@H](C)CS(C)(=O)=O)C1(C)C. The van der Waals surface area contributed by atoms with Crippen molar-refractivity contribution in [1.29, 1.82) is 0 Å². The number of carbonyl (C=O) groups excluding carboxylic acids is 1. The lowest BCUT2D eigenvalue weighted by atomic mass is 9.55. The highest BCUT2D eigenvalue weighted by molar-refractivity contribution is 7.90. The van der Waals surface area contributed by atoms with Gasteiger partial charge in [0.15, 0.2) is 0 Å². The molecular formula is C14H27NO4S. The minimum atomic E-state index is -3.14. The van der Waals surface area contributed by atoms with Crippen LogP contribution in [0.2, 0.25) is 0 Å². The Morgan fingerprint density at radius 1 is 1.40 bits per heavy atom. The minimum Gasteiger partial charge on any atom is -0.378 e. The zero-order valence-electron chi connectivity index (χ0n) is 13.6. The monoisotopic (exact) mass is 305 g/mol. The van der Waals surface area contributed by atoms with Crippen molar-refractivity contribution in [3.05, 3.63) is 0 Å². The van der Waals surface area contributed by atoms with Crippen LogP contribution in [0.5, 0.6) is 0 Å². The van der Waals surface area contributed by atoms with E-state index in [4.69, 9.17) is 4.74 Å². The van der Waals surface area contributed by atoms with E-state index >= 15 is 0 Å². The first kappa shape index (κ1) is 17.4. The topological polar surface area (TPSA) is 63.7 Å². The van der Waals surface area contributed by atoms with Gasteiger partial charge in [0.05, 0.1) is 11.4 Å². The van der Waals surface area contributed by atoms with Gasteiger partial charge in [0.25, 0.3) is 0 Å². The third-order valence-electron chi connectivity index (χ3n) is 5.02. The molecule has 5 nitrogen and oxygen atoms in total. The quantitative estimate of drug-likeness (QED) is 0.768. The van der Waals surface area contributed by atoms with Crippen LogP contribution in [0.4, 0.5) is 0 Å². The first-order valence-corrected chi connectivity index (χ1v) is 8.91. The molecule has 0 unspecified atom stereocenters. The second-order valence-electron chi connectivity index (χ2n) is 6.82. The van der Waals surface area contributed by atoms with Crippen molar-refractivity contribution in [2.75, 3.05) is 26.2 Å². The van der Waals surface area contributed by atoms with Crippen LogP contribution < -0.4 is 0 Å². The summed E-state index contributed by atoms with van der Waals surface area (Å²) in [6, 6.07) is 0.0713. The zero-order chi connectivity index (χ0) is 15.9. The van der Waals surface area contributed by atoms with Crippen LogP contribution in [0.25, 0.3) is 0 Å². The summed E-state index contributed by atoms with van der Waals surface area (Å²) in [5.74, 6) is -0.739. The Hall–Kier alpha value is -0.620. The Morgan fingerprint density at radius 3 is 2.25 bits per heavy atom. The number of rotatable bonds is 5.